The predicted octanol–water partition coefficient (Wildman–Crippen LogP) is 0.369. The summed E-state index contributed by atoms with van der Waals surface area (Å²) in [5, 5.41) is 2.85. The average Bonchev–Trinajstić information content (AvgIpc) is 2.32. The third-order valence-electron chi connectivity index (χ3n) is 2.72. The third kappa shape index (κ3) is 2.14. The van der Waals surface area contributed by atoms with Gasteiger partial charge in [-0.25, -0.2) is 4.98 Å². The Labute approximate surface area is 94.0 Å². The molecule has 16 heavy (non-hydrogen) atoms. The van der Waals surface area contributed by atoms with Crippen molar-refractivity contribution in [2.24, 2.45) is 5.73 Å². The van der Waals surface area contributed by atoms with Crippen molar-refractivity contribution >= 4 is 5.91 Å². The zero-order valence-electron chi connectivity index (χ0n) is 9.14. The first-order valence-corrected chi connectivity index (χ1v) is 5.26. The highest BCUT2D eigenvalue weighted by molar-refractivity contribution is 5.77. The Hall–Kier alpha value is -1.62. The lowest BCUT2D eigenvalue weighted by atomic mass is 9.96. The van der Waals surface area contributed by atoms with E-state index in [4.69, 9.17) is 10.5 Å². The van der Waals surface area contributed by atoms with Gasteiger partial charge < -0.3 is 15.8 Å². The molecule has 1 aliphatic heterocycles. The van der Waals surface area contributed by atoms with Crippen LogP contribution in [0, 0.1) is 0 Å². The van der Waals surface area contributed by atoms with Crippen LogP contribution >= 0.6 is 0 Å². The maximum Gasteiger partial charge on any atom is 0.220 e. The minimum atomic E-state index is -0.212. The van der Waals surface area contributed by atoms with Gasteiger partial charge in [-0.05, 0) is 12.5 Å². The van der Waals surface area contributed by atoms with Crippen LogP contribution in [0.5, 0.6) is 5.88 Å². The van der Waals surface area contributed by atoms with Crippen LogP contribution < -0.4 is 15.8 Å². The third-order valence-corrected chi connectivity index (χ3v) is 2.72. The van der Waals surface area contributed by atoms with E-state index in [1.807, 2.05) is 12.1 Å². The van der Waals surface area contributed by atoms with E-state index in [2.05, 4.69) is 10.3 Å². The number of nitrogens with one attached hydrogen (secondary N) is 1. The van der Waals surface area contributed by atoms with Crippen LogP contribution in [0.1, 0.15) is 24.6 Å². The molecule has 1 fully saturated rings. The number of carbonyl (C=O) groups is 1. The van der Waals surface area contributed by atoms with Gasteiger partial charge in [0.15, 0.2) is 0 Å². The minimum absolute atomic E-state index is 0.0244. The number of piperidine rings is 1. The zero-order chi connectivity index (χ0) is 11.5. The van der Waals surface area contributed by atoms with Gasteiger partial charge in [-0.1, -0.05) is 6.07 Å². The molecule has 1 aliphatic rings. The molecule has 1 saturated heterocycles. The van der Waals surface area contributed by atoms with E-state index in [0.29, 0.717) is 18.7 Å². The number of hydrogen-bond donors (Lipinski definition) is 2. The fraction of sp³-hybridized carbons (Fsp3) is 0.455. The van der Waals surface area contributed by atoms with Crippen LogP contribution in [-0.4, -0.2) is 24.0 Å². The molecular formula is C11H15N3O2. The maximum absolute atomic E-state index is 11.3. The number of amides is 1. The van der Waals surface area contributed by atoms with E-state index in [0.717, 1.165) is 5.69 Å². The predicted molar refractivity (Wildman–Crippen MR) is 58.9 cm³/mol. The second-order valence-corrected chi connectivity index (χ2v) is 3.85. The molecule has 1 amide bonds. The number of ether oxygens (including phenoxy) is 1. The summed E-state index contributed by atoms with van der Waals surface area (Å²) in [5.41, 5.74) is 6.72. The van der Waals surface area contributed by atoms with Gasteiger partial charge in [0.1, 0.15) is 0 Å². The molecule has 0 aliphatic carbocycles. The first-order chi connectivity index (χ1) is 7.70. The minimum Gasteiger partial charge on any atom is -0.481 e. The first kappa shape index (κ1) is 10.9. The van der Waals surface area contributed by atoms with Crippen LogP contribution in [0.15, 0.2) is 18.2 Å². The van der Waals surface area contributed by atoms with Gasteiger partial charge in [-0.3, -0.25) is 4.79 Å². The van der Waals surface area contributed by atoms with Gasteiger partial charge in [0.25, 0.3) is 0 Å². The molecule has 0 spiro atoms. The maximum atomic E-state index is 11.3. The molecule has 5 heteroatoms. The normalized spacial score (nSPS) is 25.0. The van der Waals surface area contributed by atoms with Gasteiger partial charge >= 0.3 is 0 Å². The van der Waals surface area contributed by atoms with E-state index in [-0.39, 0.29) is 18.0 Å². The quantitative estimate of drug-likeness (QED) is 0.756. The Kier molecular flexibility index (Phi) is 3.05. The smallest absolute Gasteiger partial charge is 0.220 e. The lowest BCUT2D eigenvalue weighted by Crippen LogP contribution is -2.46. The van der Waals surface area contributed by atoms with Gasteiger partial charge in [0, 0.05) is 18.5 Å². The van der Waals surface area contributed by atoms with Crippen molar-refractivity contribution in [1.29, 1.82) is 0 Å². The molecule has 1 aromatic heterocycles. The zero-order valence-corrected chi connectivity index (χ0v) is 9.14. The number of hydrogen-bond acceptors (Lipinski definition) is 4. The van der Waals surface area contributed by atoms with Crippen LogP contribution in [-0.2, 0) is 4.79 Å². The number of nitrogens with zero attached hydrogens (tertiary/aromatic N) is 1. The highest BCUT2D eigenvalue weighted by Gasteiger charge is 2.28. The molecule has 0 saturated carbocycles. The van der Waals surface area contributed by atoms with E-state index in [9.17, 15) is 4.79 Å². The summed E-state index contributed by atoms with van der Waals surface area (Å²) >= 11 is 0. The van der Waals surface area contributed by atoms with E-state index in [1.54, 1.807) is 13.2 Å². The van der Waals surface area contributed by atoms with Crippen molar-refractivity contribution in [3.05, 3.63) is 23.9 Å². The average molecular weight is 221 g/mol. The molecule has 2 unspecified atom stereocenters. The summed E-state index contributed by atoms with van der Waals surface area (Å²) in [6, 6.07) is 5.15. The SMILES string of the molecule is COc1cccc(C2NC(=O)CCC2N)n1. The van der Waals surface area contributed by atoms with Gasteiger partial charge in [-0.2, -0.15) is 0 Å². The van der Waals surface area contributed by atoms with E-state index < -0.39 is 0 Å². The van der Waals surface area contributed by atoms with E-state index in [1.165, 1.54) is 0 Å². The molecule has 1 aromatic rings. The largest absolute Gasteiger partial charge is 0.481 e. The molecule has 2 heterocycles. The topological polar surface area (TPSA) is 77.2 Å². The van der Waals surface area contributed by atoms with Gasteiger partial charge in [0.05, 0.1) is 18.8 Å². The Morgan fingerprint density at radius 3 is 3.12 bits per heavy atom. The van der Waals surface area contributed by atoms with Crippen LogP contribution in [0.25, 0.3) is 0 Å². The summed E-state index contributed by atoms with van der Waals surface area (Å²) in [5.74, 6) is 0.556. The van der Waals surface area contributed by atoms with Crippen molar-refractivity contribution < 1.29 is 9.53 Å². The molecule has 2 atom stereocenters. The highest BCUT2D eigenvalue weighted by Crippen LogP contribution is 2.22. The van der Waals surface area contributed by atoms with Gasteiger partial charge in [0.2, 0.25) is 11.8 Å². The molecule has 86 valence electrons. The number of nitrogens with two attached hydrogens (primary N) is 1. The molecule has 0 aromatic carbocycles. The lowest BCUT2D eigenvalue weighted by Gasteiger charge is -2.29. The Morgan fingerprint density at radius 1 is 1.56 bits per heavy atom. The summed E-state index contributed by atoms with van der Waals surface area (Å²) in [6.45, 7) is 0. The van der Waals surface area contributed by atoms with Crippen LogP contribution in [0.3, 0.4) is 0 Å². The lowest BCUT2D eigenvalue weighted by molar-refractivity contribution is -0.123. The summed E-state index contributed by atoms with van der Waals surface area (Å²) in [6.07, 6.45) is 1.18. The Balaban J connectivity index is 2.24. The number of pyridine rings is 1. The second kappa shape index (κ2) is 4.49. The van der Waals surface area contributed by atoms with Crippen molar-refractivity contribution in [1.82, 2.24) is 10.3 Å². The highest BCUT2D eigenvalue weighted by atomic mass is 16.5. The summed E-state index contributed by atoms with van der Waals surface area (Å²) in [7, 11) is 1.56. The molecular weight excluding hydrogens is 206 g/mol. The van der Waals surface area contributed by atoms with Crippen molar-refractivity contribution in [2.75, 3.05) is 7.11 Å². The monoisotopic (exact) mass is 221 g/mol. The van der Waals surface area contributed by atoms with Crippen LogP contribution in [0.4, 0.5) is 0 Å². The molecule has 2 rings (SSSR count). The Morgan fingerprint density at radius 2 is 2.38 bits per heavy atom. The van der Waals surface area contributed by atoms with Gasteiger partial charge in [-0.15, -0.1) is 0 Å². The fourth-order valence-electron chi connectivity index (χ4n) is 1.83. The number of carbonyl (C=O) groups excluding carboxylic acids is 1. The summed E-state index contributed by atoms with van der Waals surface area (Å²) < 4.78 is 5.04. The molecule has 3 N–H and O–H groups in total. The first-order valence-electron chi connectivity index (χ1n) is 5.26. The Bertz CT molecular complexity index is 395. The number of methoxy groups -OCH3 is 1. The summed E-state index contributed by atoms with van der Waals surface area (Å²) in [4.78, 5) is 15.6. The second-order valence-electron chi connectivity index (χ2n) is 3.85. The standard InChI is InChI=1S/C11H15N3O2/c1-16-10-4-2-3-8(13-10)11-7(12)5-6-9(15)14-11/h2-4,7,11H,5-6,12H2,1H3,(H,14,15). The number of aromatic nitrogens is 1. The van der Waals surface area contributed by atoms with Crippen molar-refractivity contribution in [2.45, 2.75) is 24.9 Å². The number of rotatable bonds is 2. The van der Waals surface area contributed by atoms with Crippen molar-refractivity contribution in [3.8, 4) is 5.88 Å². The molecule has 0 radical (unpaired) electrons. The van der Waals surface area contributed by atoms with Crippen LogP contribution in [0.2, 0.25) is 0 Å². The van der Waals surface area contributed by atoms with Crippen molar-refractivity contribution in [3.63, 3.8) is 0 Å². The molecule has 0 bridgehead atoms. The molecule has 5 nitrogen and oxygen atoms in total. The van der Waals surface area contributed by atoms with E-state index >= 15 is 0 Å². The fourth-order valence-corrected chi connectivity index (χ4v) is 1.83.